The standard InChI is InChI=1S/C18H21N5O2S/c1-11(2)22-12(3)9-16(13(22)4)17(25)10-26-18-19-20-21-23(18)14-5-7-15(24)8-6-14/h5-9,11,24H,10H2,1-4H3. The van der Waals surface area contributed by atoms with Gasteiger partial charge in [-0.05, 0) is 68.5 Å². The SMILES string of the molecule is Cc1cc(C(=O)CSc2nnnn2-c2ccc(O)cc2)c(C)n1C(C)C. The molecule has 7 nitrogen and oxygen atoms in total. The normalized spacial score (nSPS) is 11.3. The molecule has 8 heteroatoms. The molecule has 26 heavy (non-hydrogen) atoms. The molecular weight excluding hydrogens is 350 g/mol. The van der Waals surface area contributed by atoms with Crippen molar-refractivity contribution in [2.45, 2.75) is 38.9 Å². The van der Waals surface area contributed by atoms with Crippen LogP contribution in [0, 0.1) is 13.8 Å². The predicted molar refractivity (Wildman–Crippen MR) is 100 cm³/mol. The third-order valence-corrected chi connectivity index (χ3v) is 5.09. The molecular formula is C18H21N5O2S. The van der Waals surface area contributed by atoms with Gasteiger partial charge in [-0.25, -0.2) is 0 Å². The molecule has 3 aromatic rings. The van der Waals surface area contributed by atoms with E-state index in [2.05, 4.69) is 33.9 Å². The van der Waals surface area contributed by atoms with Crippen molar-refractivity contribution in [2.24, 2.45) is 0 Å². The van der Waals surface area contributed by atoms with Crippen molar-refractivity contribution in [3.05, 3.63) is 47.3 Å². The highest BCUT2D eigenvalue weighted by atomic mass is 32.2. The van der Waals surface area contributed by atoms with Crippen LogP contribution in [0.5, 0.6) is 5.75 Å². The molecule has 0 radical (unpaired) electrons. The molecule has 0 aliphatic carbocycles. The third kappa shape index (κ3) is 3.50. The van der Waals surface area contributed by atoms with Crippen LogP contribution in [0.3, 0.4) is 0 Å². The Morgan fingerprint density at radius 1 is 1.23 bits per heavy atom. The molecule has 1 N–H and O–H groups in total. The van der Waals surface area contributed by atoms with Crippen molar-refractivity contribution in [2.75, 3.05) is 5.75 Å². The summed E-state index contributed by atoms with van der Waals surface area (Å²) in [6.45, 7) is 8.21. The highest BCUT2D eigenvalue weighted by molar-refractivity contribution is 7.99. The summed E-state index contributed by atoms with van der Waals surface area (Å²) in [4.78, 5) is 12.7. The first-order chi connectivity index (χ1) is 12.4. The van der Waals surface area contributed by atoms with Crippen LogP contribution < -0.4 is 0 Å². The van der Waals surface area contributed by atoms with E-state index in [4.69, 9.17) is 0 Å². The van der Waals surface area contributed by atoms with Crippen LogP contribution in [-0.2, 0) is 0 Å². The highest BCUT2D eigenvalue weighted by Gasteiger charge is 2.19. The summed E-state index contributed by atoms with van der Waals surface area (Å²) >= 11 is 1.29. The van der Waals surface area contributed by atoms with Crippen molar-refractivity contribution in [3.63, 3.8) is 0 Å². The molecule has 3 rings (SSSR count). The van der Waals surface area contributed by atoms with E-state index < -0.39 is 0 Å². The fraction of sp³-hybridized carbons (Fsp3) is 0.333. The molecule has 0 aliphatic heterocycles. The summed E-state index contributed by atoms with van der Waals surface area (Å²) in [6.07, 6.45) is 0. The first-order valence-electron chi connectivity index (χ1n) is 8.30. The Hall–Kier alpha value is -2.61. The van der Waals surface area contributed by atoms with Gasteiger partial charge in [-0.15, -0.1) is 5.10 Å². The van der Waals surface area contributed by atoms with Crippen LogP contribution >= 0.6 is 11.8 Å². The molecule has 0 bridgehead atoms. The minimum atomic E-state index is 0.0512. The number of Topliss-reactive ketones (excluding diaryl/α,β-unsaturated/α-hetero) is 1. The number of hydrogen-bond donors (Lipinski definition) is 1. The number of ketones is 1. The van der Waals surface area contributed by atoms with Gasteiger partial charge in [0.1, 0.15) is 5.75 Å². The van der Waals surface area contributed by atoms with E-state index in [1.165, 1.54) is 11.8 Å². The quantitative estimate of drug-likeness (QED) is 0.528. The molecule has 0 saturated carbocycles. The van der Waals surface area contributed by atoms with Crippen molar-refractivity contribution in [1.29, 1.82) is 0 Å². The number of aryl methyl sites for hydroxylation is 1. The monoisotopic (exact) mass is 371 g/mol. The number of carbonyl (C=O) groups excluding carboxylic acids is 1. The van der Waals surface area contributed by atoms with Crippen LogP contribution in [0.15, 0.2) is 35.5 Å². The van der Waals surface area contributed by atoms with E-state index in [9.17, 15) is 9.90 Å². The lowest BCUT2D eigenvalue weighted by Crippen LogP contribution is -2.09. The van der Waals surface area contributed by atoms with Gasteiger partial charge in [-0.2, -0.15) is 4.68 Å². The van der Waals surface area contributed by atoms with Crippen LogP contribution in [0.25, 0.3) is 5.69 Å². The average Bonchev–Trinajstić information content (AvgIpc) is 3.17. The maximum Gasteiger partial charge on any atom is 0.214 e. The lowest BCUT2D eigenvalue weighted by Gasteiger charge is -2.13. The van der Waals surface area contributed by atoms with Gasteiger partial charge < -0.3 is 9.67 Å². The fourth-order valence-corrected chi connectivity index (χ4v) is 3.86. The minimum Gasteiger partial charge on any atom is -0.508 e. The summed E-state index contributed by atoms with van der Waals surface area (Å²) in [5, 5.41) is 21.6. The number of phenolic OH excluding ortho intramolecular Hbond substituents is 1. The molecule has 0 saturated heterocycles. The second-order valence-electron chi connectivity index (χ2n) is 6.35. The lowest BCUT2D eigenvalue weighted by molar-refractivity contribution is 0.102. The number of aromatic hydroxyl groups is 1. The second kappa shape index (κ2) is 7.33. The number of thioether (sulfide) groups is 1. The molecule has 0 atom stereocenters. The first kappa shape index (κ1) is 18.2. The Bertz CT molecular complexity index is 928. The van der Waals surface area contributed by atoms with Crippen molar-refractivity contribution in [1.82, 2.24) is 24.8 Å². The average molecular weight is 371 g/mol. The molecule has 0 unspecified atom stereocenters. The summed E-state index contributed by atoms with van der Waals surface area (Å²) in [6, 6.07) is 8.82. The summed E-state index contributed by atoms with van der Waals surface area (Å²) in [7, 11) is 0. The number of carbonyl (C=O) groups is 1. The van der Waals surface area contributed by atoms with Gasteiger partial charge in [0.2, 0.25) is 5.16 Å². The Morgan fingerprint density at radius 2 is 1.92 bits per heavy atom. The molecule has 136 valence electrons. The molecule has 2 aromatic heterocycles. The number of benzene rings is 1. The van der Waals surface area contributed by atoms with E-state index in [0.29, 0.717) is 11.2 Å². The maximum atomic E-state index is 12.7. The third-order valence-electron chi connectivity index (χ3n) is 4.17. The van der Waals surface area contributed by atoms with Gasteiger partial charge in [0.05, 0.1) is 11.4 Å². The van der Waals surface area contributed by atoms with Gasteiger partial charge in [-0.3, -0.25) is 4.79 Å². The molecule has 2 heterocycles. The van der Waals surface area contributed by atoms with Crippen LogP contribution in [0.1, 0.15) is 41.6 Å². The van der Waals surface area contributed by atoms with E-state index in [0.717, 1.165) is 22.6 Å². The number of aromatic nitrogens is 5. The van der Waals surface area contributed by atoms with Gasteiger partial charge in [-0.1, -0.05) is 11.8 Å². The second-order valence-corrected chi connectivity index (χ2v) is 7.29. The Balaban J connectivity index is 1.76. The van der Waals surface area contributed by atoms with Gasteiger partial charge >= 0.3 is 0 Å². The number of nitrogens with zero attached hydrogens (tertiary/aromatic N) is 5. The first-order valence-corrected chi connectivity index (χ1v) is 9.29. The van der Waals surface area contributed by atoms with E-state index in [-0.39, 0.29) is 17.3 Å². The minimum absolute atomic E-state index is 0.0512. The zero-order valence-electron chi connectivity index (χ0n) is 15.2. The summed E-state index contributed by atoms with van der Waals surface area (Å²) in [5.74, 6) is 0.475. The topological polar surface area (TPSA) is 85.8 Å². The zero-order valence-corrected chi connectivity index (χ0v) is 16.0. The van der Waals surface area contributed by atoms with E-state index >= 15 is 0 Å². The maximum absolute atomic E-state index is 12.7. The Morgan fingerprint density at radius 3 is 2.54 bits per heavy atom. The van der Waals surface area contributed by atoms with Crippen LogP contribution in [0.2, 0.25) is 0 Å². The lowest BCUT2D eigenvalue weighted by atomic mass is 10.2. The van der Waals surface area contributed by atoms with E-state index in [1.54, 1.807) is 28.9 Å². The highest BCUT2D eigenvalue weighted by Crippen LogP contribution is 2.24. The Kier molecular flexibility index (Phi) is 5.13. The van der Waals surface area contributed by atoms with Crippen molar-refractivity contribution < 1.29 is 9.90 Å². The number of hydrogen-bond acceptors (Lipinski definition) is 6. The Labute approximate surface area is 156 Å². The van der Waals surface area contributed by atoms with Crippen molar-refractivity contribution in [3.8, 4) is 11.4 Å². The van der Waals surface area contributed by atoms with Crippen LogP contribution in [-0.4, -0.2) is 41.4 Å². The molecule has 0 aliphatic rings. The van der Waals surface area contributed by atoms with E-state index in [1.807, 2.05) is 19.9 Å². The molecule has 0 fully saturated rings. The number of rotatable bonds is 6. The number of phenols is 1. The van der Waals surface area contributed by atoms with Gasteiger partial charge in [0, 0.05) is 23.0 Å². The smallest absolute Gasteiger partial charge is 0.214 e. The summed E-state index contributed by atoms with van der Waals surface area (Å²) in [5.41, 5.74) is 3.54. The fourth-order valence-electron chi connectivity index (χ4n) is 3.09. The largest absolute Gasteiger partial charge is 0.508 e. The number of tetrazole rings is 1. The van der Waals surface area contributed by atoms with Crippen molar-refractivity contribution >= 4 is 17.5 Å². The zero-order chi connectivity index (χ0) is 18.8. The predicted octanol–water partition coefficient (Wildman–Crippen LogP) is 3.34. The molecule has 0 spiro atoms. The van der Waals surface area contributed by atoms with Gasteiger partial charge in [0.15, 0.2) is 5.78 Å². The van der Waals surface area contributed by atoms with Crippen LogP contribution in [0.4, 0.5) is 0 Å². The van der Waals surface area contributed by atoms with Gasteiger partial charge in [0.25, 0.3) is 0 Å². The molecule has 0 amide bonds. The molecule has 1 aromatic carbocycles. The summed E-state index contributed by atoms with van der Waals surface area (Å²) < 4.78 is 3.72.